The van der Waals surface area contributed by atoms with Crippen LogP contribution in [-0.4, -0.2) is 48.3 Å². The highest BCUT2D eigenvalue weighted by molar-refractivity contribution is 8.16. The van der Waals surface area contributed by atoms with Gasteiger partial charge in [0.05, 0.1) is 18.1 Å². The molecule has 0 aliphatic carbocycles. The van der Waals surface area contributed by atoms with Crippen molar-refractivity contribution in [2.24, 2.45) is 0 Å². The zero-order chi connectivity index (χ0) is 28.1. The summed E-state index contributed by atoms with van der Waals surface area (Å²) in [6, 6.07) is 22.1. The lowest BCUT2D eigenvalue weighted by atomic mass is 10.1. The molecule has 3 aromatic carbocycles. The second-order valence-electron chi connectivity index (χ2n) is 9.17. The first-order valence-electron chi connectivity index (χ1n) is 13.0. The fraction of sp³-hybridized carbons (Fsp3) is 0.367. The minimum Gasteiger partial charge on any atom is -0.508 e. The first-order chi connectivity index (χ1) is 18.7. The Morgan fingerprint density at radius 2 is 1.44 bits per heavy atom. The van der Waals surface area contributed by atoms with Crippen molar-refractivity contribution in [3.05, 3.63) is 89.5 Å². The summed E-state index contributed by atoms with van der Waals surface area (Å²) in [5.41, 5.74) is 3.42. The van der Waals surface area contributed by atoms with Crippen molar-refractivity contribution in [2.45, 2.75) is 44.3 Å². The van der Waals surface area contributed by atoms with Crippen LogP contribution in [0, 0.1) is 0 Å². The molecule has 0 bridgehead atoms. The molecule has 0 spiro atoms. The number of rotatable bonds is 16. The molecule has 39 heavy (non-hydrogen) atoms. The van der Waals surface area contributed by atoms with Gasteiger partial charge in [-0.2, -0.15) is 8.42 Å². The van der Waals surface area contributed by atoms with Crippen LogP contribution in [0.2, 0.25) is 0 Å². The molecule has 3 rings (SSSR count). The monoisotopic (exact) mass is 588 g/mol. The lowest BCUT2D eigenvalue weighted by molar-refractivity contribution is -0.110. The molecule has 0 saturated carbocycles. The summed E-state index contributed by atoms with van der Waals surface area (Å²) in [5, 5.41) is 9.63. The zero-order valence-corrected chi connectivity index (χ0v) is 24.8. The van der Waals surface area contributed by atoms with E-state index in [0.717, 1.165) is 60.1 Å². The number of aryl methyl sites for hydroxylation is 1. The van der Waals surface area contributed by atoms with Gasteiger partial charge in [0.2, 0.25) is 5.12 Å². The number of carbonyl (C=O) groups excluding carboxylic acids is 1. The average molecular weight is 589 g/mol. The van der Waals surface area contributed by atoms with Gasteiger partial charge in [-0.25, -0.2) is 0 Å². The van der Waals surface area contributed by atoms with E-state index >= 15 is 0 Å². The van der Waals surface area contributed by atoms with E-state index in [4.69, 9.17) is 8.92 Å². The Balaban J connectivity index is 1.50. The second kappa shape index (κ2) is 15.8. The third kappa shape index (κ3) is 12.0. The van der Waals surface area contributed by atoms with Crippen LogP contribution in [0.25, 0.3) is 0 Å². The summed E-state index contributed by atoms with van der Waals surface area (Å²) in [6.45, 7) is 2.61. The summed E-state index contributed by atoms with van der Waals surface area (Å²) < 4.78 is 33.1. The number of hydrogen-bond donors (Lipinski definition) is 1. The fourth-order valence-electron chi connectivity index (χ4n) is 3.71. The van der Waals surface area contributed by atoms with E-state index in [1.54, 1.807) is 48.2 Å². The fourth-order valence-corrected chi connectivity index (χ4v) is 6.57. The second-order valence-corrected chi connectivity index (χ2v) is 13.2. The Kier molecular flexibility index (Phi) is 12.6. The Morgan fingerprint density at radius 3 is 2.08 bits per heavy atom. The smallest absolute Gasteiger partial charge is 0.306 e. The molecule has 0 fully saturated rings. The van der Waals surface area contributed by atoms with E-state index in [1.165, 1.54) is 11.8 Å². The van der Waals surface area contributed by atoms with Crippen LogP contribution < -0.4 is 8.92 Å². The summed E-state index contributed by atoms with van der Waals surface area (Å²) in [7, 11) is -3.55. The Hall–Kier alpha value is -2.62. The summed E-state index contributed by atoms with van der Waals surface area (Å²) in [5.74, 6) is 2.85. The normalized spacial score (nSPS) is 12.2. The largest absolute Gasteiger partial charge is 0.508 e. The molecular formula is C30H36O6S3. The average Bonchev–Trinajstić information content (AvgIpc) is 2.90. The maximum atomic E-state index is 13.0. The highest BCUT2D eigenvalue weighted by Crippen LogP contribution is 2.25. The molecule has 0 aliphatic rings. The van der Waals surface area contributed by atoms with Crippen LogP contribution in [0.1, 0.15) is 36.5 Å². The minimum atomic E-state index is -3.55. The molecule has 0 unspecified atom stereocenters. The number of phenols is 1. The molecule has 210 valence electrons. The lowest BCUT2D eigenvalue weighted by Gasteiger charge is -2.16. The lowest BCUT2D eigenvalue weighted by Crippen LogP contribution is -2.18. The van der Waals surface area contributed by atoms with Gasteiger partial charge >= 0.3 is 10.1 Å². The van der Waals surface area contributed by atoms with Crippen LogP contribution in [-0.2, 0) is 34.2 Å². The molecular weight excluding hydrogens is 553 g/mol. The van der Waals surface area contributed by atoms with Crippen molar-refractivity contribution in [3.8, 4) is 17.2 Å². The van der Waals surface area contributed by atoms with E-state index in [2.05, 4.69) is 31.2 Å². The van der Waals surface area contributed by atoms with E-state index in [9.17, 15) is 18.3 Å². The number of carbonyl (C=O) groups is 1. The summed E-state index contributed by atoms with van der Waals surface area (Å²) in [6.07, 6.45) is 5.38. The number of unbranched alkanes of at least 4 members (excludes halogenated alkanes) is 1. The van der Waals surface area contributed by atoms with Gasteiger partial charge in [0.1, 0.15) is 17.2 Å². The first-order valence-corrected chi connectivity index (χ1v) is 16.8. The van der Waals surface area contributed by atoms with Gasteiger partial charge in [-0.15, -0.1) is 11.8 Å². The van der Waals surface area contributed by atoms with Crippen molar-refractivity contribution in [2.75, 3.05) is 24.4 Å². The standard InChI is InChI=1S/C30H36O6S3/c1-3-4-20-38-30(32)29(37-21-18-24-9-11-26(31)12-10-24)22-25-7-5-23(6-8-25)17-19-35-27-13-15-28(16-14-27)36-39(2,33)34/h5-16,29,31H,3-4,17-22H2,1-2H3/t29-/m0/s1. The van der Waals surface area contributed by atoms with Crippen LogP contribution in [0.5, 0.6) is 17.2 Å². The Morgan fingerprint density at radius 1 is 0.846 bits per heavy atom. The number of aromatic hydroxyl groups is 1. The molecule has 0 aliphatic heterocycles. The number of hydrogen-bond acceptors (Lipinski definition) is 8. The molecule has 0 saturated heterocycles. The molecule has 9 heteroatoms. The minimum absolute atomic E-state index is 0.104. The van der Waals surface area contributed by atoms with Gasteiger partial charge in [-0.3, -0.25) is 4.79 Å². The number of benzene rings is 3. The molecule has 1 atom stereocenters. The summed E-state index contributed by atoms with van der Waals surface area (Å²) >= 11 is 3.15. The highest BCUT2D eigenvalue weighted by Gasteiger charge is 2.20. The number of phenolic OH excluding ortho intramolecular Hbond substituents is 1. The molecule has 0 aromatic heterocycles. The van der Waals surface area contributed by atoms with Gasteiger partial charge in [-0.05, 0) is 78.1 Å². The molecule has 6 nitrogen and oxygen atoms in total. The van der Waals surface area contributed by atoms with E-state index in [-0.39, 0.29) is 21.9 Å². The van der Waals surface area contributed by atoms with E-state index in [1.807, 2.05) is 12.1 Å². The predicted octanol–water partition coefficient (Wildman–Crippen LogP) is 6.30. The Labute approximate surface area is 240 Å². The van der Waals surface area contributed by atoms with Crippen LogP contribution >= 0.6 is 23.5 Å². The molecule has 0 heterocycles. The quantitative estimate of drug-likeness (QED) is 0.154. The van der Waals surface area contributed by atoms with Gasteiger partial charge < -0.3 is 14.0 Å². The SMILES string of the molecule is CCCCSC(=O)[C@H](Cc1ccc(CCOc2ccc(OS(C)(=O)=O)cc2)cc1)SCCc1ccc(O)cc1. The third-order valence-corrected chi connectivity index (χ3v) is 8.76. The van der Waals surface area contributed by atoms with Crippen molar-refractivity contribution in [1.82, 2.24) is 0 Å². The number of ether oxygens (including phenoxy) is 1. The topological polar surface area (TPSA) is 89.9 Å². The van der Waals surface area contributed by atoms with Crippen molar-refractivity contribution in [1.29, 1.82) is 0 Å². The van der Waals surface area contributed by atoms with Crippen molar-refractivity contribution >= 4 is 38.8 Å². The molecule has 3 aromatic rings. The van der Waals surface area contributed by atoms with Crippen LogP contribution in [0.3, 0.4) is 0 Å². The predicted molar refractivity (Wildman–Crippen MR) is 162 cm³/mol. The van der Waals surface area contributed by atoms with Crippen LogP contribution in [0.4, 0.5) is 0 Å². The number of thioether (sulfide) groups is 2. The molecule has 0 radical (unpaired) electrons. The van der Waals surface area contributed by atoms with E-state index < -0.39 is 10.1 Å². The van der Waals surface area contributed by atoms with Gasteiger partial charge in [0.15, 0.2) is 0 Å². The molecule has 0 amide bonds. The first kappa shape index (κ1) is 30.9. The maximum absolute atomic E-state index is 13.0. The highest BCUT2D eigenvalue weighted by atomic mass is 32.2. The van der Waals surface area contributed by atoms with Crippen molar-refractivity contribution in [3.63, 3.8) is 0 Å². The third-order valence-electron chi connectivity index (χ3n) is 5.83. The molecule has 1 N–H and O–H groups in total. The van der Waals surface area contributed by atoms with Gasteiger partial charge in [-0.1, -0.05) is 61.5 Å². The maximum Gasteiger partial charge on any atom is 0.306 e. The van der Waals surface area contributed by atoms with Crippen LogP contribution in [0.15, 0.2) is 72.8 Å². The van der Waals surface area contributed by atoms with Gasteiger partial charge in [0.25, 0.3) is 0 Å². The summed E-state index contributed by atoms with van der Waals surface area (Å²) in [4.78, 5) is 13.0. The Bertz CT molecular complexity index is 1260. The van der Waals surface area contributed by atoms with Gasteiger partial charge in [0, 0.05) is 12.2 Å². The zero-order valence-electron chi connectivity index (χ0n) is 22.4. The van der Waals surface area contributed by atoms with E-state index in [0.29, 0.717) is 18.8 Å². The van der Waals surface area contributed by atoms with Crippen molar-refractivity contribution < 1.29 is 27.2 Å².